The van der Waals surface area contributed by atoms with E-state index in [1.807, 2.05) is 24.3 Å². The maximum absolute atomic E-state index is 11.7. The molecule has 79 valence electrons. The zero-order valence-electron chi connectivity index (χ0n) is 8.83. The van der Waals surface area contributed by atoms with E-state index >= 15 is 0 Å². The highest BCUT2D eigenvalue weighted by atomic mass is 16.1. The van der Waals surface area contributed by atoms with Crippen LogP contribution in [0, 0.1) is 6.07 Å². The predicted molar refractivity (Wildman–Crippen MR) is 59.2 cm³/mol. The smallest absolute Gasteiger partial charge is 0.228 e. The van der Waals surface area contributed by atoms with Gasteiger partial charge in [0.2, 0.25) is 5.91 Å². The molecule has 2 heteroatoms. The van der Waals surface area contributed by atoms with E-state index in [1.165, 1.54) is 6.42 Å². The molecule has 0 aromatic heterocycles. The van der Waals surface area contributed by atoms with E-state index in [9.17, 15) is 4.79 Å². The largest absolute Gasteiger partial charge is 0.369 e. The fourth-order valence-corrected chi connectivity index (χ4v) is 2.54. The average Bonchev–Trinajstić information content (AvgIpc) is 2.31. The van der Waals surface area contributed by atoms with Gasteiger partial charge in [0.15, 0.2) is 0 Å². The van der Waals surface area contributed by atoms with E-state index in [1.54, 1.807) is 0 Å². The number of amides is 1. The van der Waals surface area contributed by atoms with Crippen molar-refractivity contribution in [3.05, 3.63) is 35.9 Å². The maximum atomic E-state index is 11.7. The first-order valence-electron chi connectivity index (χ1n) is 5.52. The summed E-state index contributed by atoms with van der Waals surface area (Å²) < 4.78 is 0. The zero-order chi connectivity index (χ0) is 10.7. The monoisotopic (exact) mass is 202 g/mol. The Bertz CT molecular complexity index is 339. The number of primary amides is 1. The Morgan fingerprint density at radius 1 is 1.20 bits per heavy atom. The molecule has 2 nitrogen and oxygen atoms in total. The normalized spacial score (nSPS) is 19.7. The Kier molecular flexibility index (Phi) is 2.76. The number of benzene rings is 1. The van der Waals surface area contributed by atoms with E-state index in [4.69, 9.17) is 5.73 Å². The van der Waals surface area contributed by atoms with Crippen molar-refractivity contribution in [2.75, 3.05) is 0 Å². The van der Waals surface area contributed by atoms with E-state index in [0.717, 1.165) is 31.2 Å². The van der Waals surface area contributed by atoms with Gasteiger partial charge in [-0.05, 0) is 24.5 Å². The first-order valence-corrected chi connectivity index (χ1v) is 5.52. The molecular weight excluding hydrogens is 186 g/mol. The second-order valence-corrected chi connectivity index (χ2v) is 4.30. The van der Waals surface area contributed by atoms with Crippen LogP contribution < -0.4 is 5.73 Å². The number of nitrogens with two attached hydrogens (primary N) is 1. The summed E-state index contributed by atoms with van der Waals surface area (Å²) in [6.45, 7) is 0. The molecule has 1 aromatic rings. The molecular formula is C13H16NO. The van der Waals surface area contributed by atoms with Crippen LogP contribution in [0.1, 0.15) is 37.7 Å². The molecule has 1 amide bonds. The minimum absolute atomic E-state index is 0.173. The molecule has 2 rings (SSSR count). The third-order valence-corrected chi connectivity index (χ3v) is 3.45. The standard InChI is InChI=1S/C13H16NO/c14-12(15)13(9-5-2-6-10-13)11-7-3-1-4-8-11/h3-4,7-8H,2,5-6,9-10H2,(H2,14,15). The Hall–Kier alpha value is -1.31. The van der Waals surface area contributed by atoms with Gasteiger partial charge < -0.3 is 5.73 Å². The van der Waals surface area contributed by atoms with Crippen LogP contribution in [0.15, 0.2) is 24.3 Å². The van der Waals surface area contributed by atoms with Crippen molar-refractivity contribution in [1.82, 2.24) is 0 Å². The van der Waals surface area contributed by atoms with Gasteiger partial charge in [0.25, 0.3) is 0 Å². The van der Waals surface area contributed by atoms with Gasteiger partial charge in [-0.2, -0.15) is 0 Å². The molecule has 0 atom stereocenters. The highest BCUT2D eigenvalue weighted by molar-refractivity contribution is 5.86. The van der Waals surface area contributed by atoms with Gasteiger partial charge >= 0.3 is 0 Å². The molecule has 15 heavy (non-hydrogen) atoms. The fourth-order valence-electron chi connectivity index (χ4n) is 2.54. The van der Waals surface area contributed by atoms with Crippen LogP contribution in [0.25, 0.3) is 0 Å². The summed E-state index contributed by atoms with van der Waals surface area (Å²) in [4.78, 5) is 11.7. The molecule has 1 aliphatic rings. The maximum Gasteiger partial charge on any atom is 0.228 e. The SMILES string of the molecule is NC(=O)C1(c2cc[c]cc2)CCCCC1. The van der Waals surface area contributed by atoms with Crippen molar-refractivity contribution in [2.45, 2.75) is 37.5 Å². The summed E-state index contributed by atoms with van der Waals surface area (Å²) in [5.74, 6) is -0.173. The molecule has 1 radical (unpaired) electrons. The molecule has 2 N–H and O–H groups in total. The number of hydrogen-bond acceptors (Lipinski definition) is 1. The van der Waals surface area contributed by atoms with Gasteiger partial charge in [-0.1, -0.05) is 43.5 Å². The third-order valence-electron chi connectivity index (χ3n) is 3.45. The van der Waals surface area contributed by atoms with Gasteiger partial charge in [0.05, 0.1) is 5.41 Å². The minimum atomic E-state index is -0.409. The van der Waals surface area contributed by atoms with Gasteiger partial charge in [0, 0.05) is 0 Å². The lowest BCUT2D eigenvalue weighted by Gasteiger charge is -2.34. The van der Waals surface area contributed by atoms with Crippen LogP contribution in [-0.2, 0) is 10.2 Å². The highest BCUT2D eigenvalue weighted by Gasteiger charge is 2.39. The van der Waals surface area contributed by atoms with Crippen LogP contribution >= 0.6 is 0 Å². The summed E-state index contributed by atoms with van der Waals surface area (Å²) in [5, 5.41) is 0. The number of rotatable bonds is 2. The van der Waals surface area contributed by atoms with E-state index in [2.05, 4.69) is 6.07 Å². The molecule has 1 aliphatic carbocycles. The van der Waals surface area contributed by atoms with Crippen molar-refractivity contribution in [3.8, 4) is 0 Å². The van der Waals surface area contributed by atoms with Gasteiger partial charge in [0.1, 0.15) is 0 Å². The van der Waals surface area contributed by atoms with E-state index in [-0.39, 0.29) is 5.91 Å². The van der Waals surface area contributed by atoms with Crippen molar-refractivity contribution in [3.63, 3.8) is 0 Å². The zero-order valence-corrected chi connectivity index (χ0v) is 8.83. The van der Waals surface area contributed by atoms with Crippen molar-refractivity contribution < 1.29 is 4.79 Å². The molecule has 1 fully saturated rings. The Morgan fingerprint density at radius 3 is 2.33 bits per heavy atom. The highest BCUT2D eigenvalue weighted by Crippen LogP contribution is 2.38. The quantitative estimate of drug-likeness (QED) is 0.784. The molecule has 0 heterocycles. The summed E-state index contributed by atoms with van der Waals surface area (Å²) >= 11 is 0. The van der Waals surface area contributed by atoms with Crippen molar-refractivity contribution >= 4 is 5.91 Å². The fraction of sp³-hybridized carbons (Fsp3) is 0.462. The summed E-state index contributed by atoms with van der Waals surface area (Å²) in [5.41, 5.74) is 6.24. The molecule has 0 spiro atoms. The lowest BCUT2D eigenvalue weighted by atomic mass is 9.69. The summed E-state index contributed by atoms with van der Waals surface area (Å²) in [6.07, 6.45) is 5.20. The first-order chi connectivity index (χ1) is 7.26. The lowest BCUT2D eigenvalue weighted by Crippen LogP contribution is -2.42. The first kappa shape index (κ1) is 10.2. The van der Waals surface area contributed by atoms with Crippen LogP contribution in [-0.4, -0.2) is 5.91 Å². The van der Waals surface area contributed by atoms with E-state index in [0.29, 0.717) is 0 Å². The second kappa shape index (κ2) is 4.05. The van der Waals surface area contributed by atoms with Crippen LogP contribution in [0.3, 0.4) is 0 Å². The summed E-state index contributed by atoms with van der Waals surface area (Å²) in [7, 11) is 0. The van der Waals surface area contributed by atoms with Crippen molar-refractivity contribution in [2.24, 2.45) is 5.73 Å². The minimum Gasteiger partial charge on any atom is -0.369 e. The molecule has 0 bridgehead atoms. The van der Waals surface area contributed by atoms with Crippen molar-refractivity contribution in [1.29, 1.82) is 0 Å². The number of carbonyl (C=O) groups is 1. The molecule has 0 saturated heterocycles. The van der Waals surface area contributed by atoms with Gasteiger partial charge in [-0.15, -0.1) is 0 Å². The van der Waals surface area contributed by atoms with Crippen LogP contribution in [0.2, 0.25) is 0 Å². The molecule has 0 unspecified atom stereocenters. The second-order valence-electron chi connectivity index (χ2n) is 4.30. The third kappa shape index (κ3) is 1.76. The summed E-state index contributed by atoms with van der Waals surface area (Å²) in [6, 6.07) is 10.6. The van der Waals surface area contributed by atoms with Gasteiger partial charge in [-0.3, -0.25) is 4.79 Å². The van der Waals surface area contributed by atoms with Crippen LogP contribution in [0.4, 0.5) is 0 Å². The predicted octanol–water partition coefficient (Wildman–Crippen LogP) is 2.17. The lowest BCUT2D eigenvalue weighted by molar-refractivity contribution is -0.124. The van der Waals surface area contributed by atoms with Crippen LogP contribution in [0.5, 0.6) is 0 Å². The van der Waals surface area contributed by atoms with E-state index < -0.39 is 5.41 Å². The number of carbonyl (C=O) groups excluding carboxylic acids is 1. The topological polar surface area (TPSA) is 43.1 Å². The Balaban J connectivity index is 2.38. The van der Waals surface area contributed by atoms with Gasteiger partial charge in [-0.25, -0.2) is 0 Å². The number of hydrogen-bond donors (Lipinski definition) is 1. The Labute approximate surface area is 90.5 Å². The Morgan fingerprint density at radius 2 is 1.80 bits per heavy atom. The molecule has 0 aliphatic heterocycles. The molecule has 1 aromatic carbocycles. The molecule has 1 saturated carbocycles. The average molecular weight is 202 g/mol.